The molecule has 0 saturated heterocycles. The molecule has 30 aromatic rings. The number of imidazole rings is 12. The van der Waals surface area contributed by atoms with Crippen LogP contribution < -0.4 is 0 Å². The predicted molar refractivity (Wildman–Crippen MR) is 538 cm³/mol. The molecule has 0 spiro atoms. The van der Waals surface area contributed by atoms with E-state index in [1.54, 1.807) is 0 Å². The summed E-state index contributed by atoms with van der Waals surface area (Å²) >= 11 is 0. The molecule has 0 amide bonds. The average molecular weight is 1680 g/mol. The maximum absolute atomic E-state index is 5.28. The van der Waals surface area contributed by atoms with Gasteiger partial charge in [-0.05, 0) is 280 Å². The molecule has 15 nitrogen and oxygen atoms in total. The van der Waals surface area contributed by atoms with Crippen molar-refractivity contribution in [3.8, 4) is 33.4 Å². The number of fused-ring (bicyclic) bond motifs is 36. The van der Waals surface area contributed by atoms with E-state index in [0.717, 1.165) is 151 Å². The molecular formula is C115H83N15. The van der Waals surface area contributed by atoms with Gasteiger partial charge in [0.25, 0.3) is 0 Å². The third-order valence-corrected chi connectivity index (χ3v) is 28.3. The van der Waals surface area contributed by atoms with E-state index in [2.05, 4.69) is 412 Å². The van der Waals surface area contributed by atoms with Gasteiger partial charge in [0.2, 0.25) is 34.7 Å². The van der Waals surface area contributed by atoms with Crippen LogP contribution in [0, 0.1) is 27.7 Å². The van der Waals surface area contributed by atoms with Crippen LogP contribution in [0.4, 0.5) is 0 Å². The van der Waals surface area contributed by atoms with Gasteiger partial charge in [0.05, 0.1) is 99.3 Å². The van der Waals surface area contributed by atoms with Crippen molar-refractivity contribution < 1.29 is 0 Å². The van der Waals surface area contributed by atoms with Crippen LogP contribution >= 0.6 is 0 Å². The molecule has 30 rings (SSSR count). The molecule has 12 heterocycles. The van der Waals surface area contributed by atoms with E-state index in [4.69, 9.17) is 29.9 Å². The van der Waals surface area contributed by atoms with Gasteiger partial charge in [0.15, 0.2) is 0 Å². The molecule has 0 saturated carbocycles. The molecule has 0 unspecified atom stereocenters. The van der Waals surface area contributed by atoms with Gasteiger partial charge in [-0.15, -0.1) is 0 Å². The van der Waals surface area contributed by atoms with Crippen molar-refractivity contribution in [2.24, 2.45) is 0 Å². The smallest absolute Gasteiger partial charge is 0.223 e. The van der Waals surface area contributed by atoms with Gasteiger partial charge in [-0.3, -0.25) is 26.4 Å². The number of hydrogen-bond donors (Lipinski definition) is 0. The summed E-state index contributed by atoms with van der Waals surface area (Å²) in [6.07, 6.45) is 0. The van der Waals surface area contributed by atoms with Gasteiger partial charge in [-0.1, -0.05) is 247 Å². The van der Waals surface area contributed by atoms with Crippen LogP contribution in [0.1, 0.15) is 98.2 Å². The Balaban J connectivity index is 0.0000000982. The minimum Gasteiger partial charge on any atom is -0.276 e. The summed E-state index contributed by atoms with van der Waals surface area (Å²) in [7, 11) is 0. The third-order valence-electron chi connectivity index (χ3n) is 28.3. The largest absolute Gasteiger partial charge is 0.276 e. The fourth-order valence-corrected chi connectivity index (χ4v) is 22.4. The molecule has 0 radical (unpaired) electrons. The second-order valence-corrected chi connectivity index (χ2v) is 37.5. The minimum atomic E-state index is 0.442. The van der Waals surface area contributed by atoms with E-state index in [9.17, 15) is 0 Å². The summed E-state index contributed by atoms with van der Waals surface area (Å²) in [5.41, 5.74) is 39.6. The van der Waals surface area contributed by atoms with Crippen molar-refractivity contribution in [3.63, 3.8) is 0 Å². The first-order chi connectivity index (χ1) is 63.5. The van der Waals surface area contributed by atoms with Gasteiger partial charge in [-0.2, -0.15) is 0 Å². The summed E-state index contributed by atoms with van der Waals surface area (Å²) in [6, 6.07) is 111. The standard InChI is InChI=1S/C40H31N5.C39H29N5.C36H23N5/c1-22(2)28-13-29(23(3)4)15-30(14-28)31-20-36-38-37(21-31)44-35-19-27-12-8-6-10-25(27)17-33(35)42-40(44)45(38)39-41-32-16-24-9-5-7-11-26(24)18-34(32)43(36)39;1-21(2)36-22(3)13-28(14-23(36)4)29-19-34-37-35(20-29)43-33-18-27-12-8-6-10-25(27)16-31(33)41-39(43)44(37)38-40-30-15-24-9-5-7-11-26(24)17-32(30)42(34)38;1-20-11-21(2)13-26(12-20)27-18-32-34-33(19-27)40-31-17-25-10-6-4-8-23(25)15-29(31)38-36(40)41(34)35-37-28-14-22-7-3-5-9-24(22)16-30(28)39(32)35/h5-23H,1-4H3;5-21H,1-4H3;3-19H,1-2H3. The maximum atomic E-state index is 5.28. The first-order valence-corrected chi connectivity index (χ1v) is 45.3. The Morgan fingerprint density at radius 1 is 0.185 bits per heavy atom. The van der Waals surface area contributed by atoms with Crippen LogP contribution in [0.15, 0.2) is 303 Å². The second-order valence-electron chi connectivity index (χ2n) is 37.5. The average Bonchev–Trinajstić information content (AvgIpc) is 1.52. The molecule has 18 aromatic carbocycles. The first kappa shape index (κ1) is 73.0. The van der Waals surface area contributed by atoms with Crippen molar-refractivity contribution >= 4 is 215 Å². The zero-order valence-corrected chi connectivity index (χ0v) is 73.3. The van der Waals surface area contributed by atoms with Crippen LogP contribution in [0.5, 0.6) is 0 Å². The van der Waals surface area contributed by atoms with E-state index < -0.39 is 0 Å². The van der Waals surface area contributed by atoms with E-state index in [1.165, 1.54) is 137 Å². The van der Waals surface area contributed by atoms with Crippen molar-refractivity contribution in [3.05, 3.63) is 342 Å². The monoisotopic (exact) mass is 1670 g/mol. The van der Waals surface area contributed by atoms with Crippen molar-refractivity contribution in [2.75, 3.05) is 0 Å². The molecule has 130 heavy (non-hydrogen) atoms. The van der Waals surface area contributed by atoms with Gasteiger partial charge < -0.3 is 0 Å². The molecule has 0 aliphatic heterocycles. The van der Waals surface area contributed by atoms with Crippen LogP contribution in [0.3, 0.4) is 0 Å². The highest BCUT2D eigenvalue weighted by atomic mass is 15.3. The molecule has 0 atom stereocenters. The highest BCUT2D eigenvalue weighted by Crippen LogP contribution is 2.46. The number of aromatic nitrogens is 15. The van der Waals surface area contributed by atoms with Crippen LogP contribution in [-0.2, 0) is 0 Å². The summed E-state index contributed by atoms with van der Waals surface area (Å²) in [5, 5.41) is 14.5. The summed E-state index contributed by atoms with van der Waals surface area (Å²) < 4.78 is 20.8. The lowest BCUT2D eigenvalue weighted by Gasteiger charge is -2.16. The van der Waals surface area contributed by atoms with Crippen LogP contribution in [-0.4, -0.2) is 69.5 Å². The SMILES string of the molecule is CC(C)c1cc(-c2cc3c4c(c2)n2c5cc6ccccc6cc5nc2n4c2nc4cc5ccccc5cc4n32)cc(C(C)C)c1.Cc1cc(-c2cc3c4c(c2)n2c5cc6ccccc6cc5nc2n4c2nc4cc5ccccc5cc4n32)cc(C)c1C(C)C.Cc1cc(C)cc(-c2cc3c4c(c2)n2c5cc6ccccc6cc5nc2n4c2nc4cc5ccccc5cc4n32)c1. The summed E-state index contributed by atoms with van der Waals surface area (Å²) in [4.78, 5) is 31.6. The Hall–Kier alpha value is -16.3. The molecule has 0 bridgehead atoms. The van der Waals surface area contributed by atoms with Gasteiger partial charge in [0.1, 0.15) is 16.6 Å². The number of aryl methyl sites for hydroxylation is 4. The maximum Gasteiger partial charge on any atom is 0.223 e. The normalized spacial score (nSPS) is 12.7. The van der Waals surface area contributed by atoms with Crippen molar-refractivity contribution in [2.45, 2.75) is 87.0 Å². The Labute approximate surface area is 742 Å². The van der Waals surface area contributed by atoms with Gasteiger partial charge in [0, 0.05) is 0 Å². The van der Waals surface area contributed by atoms with E-state index in [1.807, 2.05) is 0 Å². The zero-order valence-electron chi connectivity index (χ0n) is 73.3. The van der Waals surface area contributed by atoms with Gasteiger partial charge >= 0.3 is 0 Å². The lowest BCUT2D eigenvalue weighted by molar-refractivity contribution is 0.834. The number of benzene rings is 18. The molecule has 0 N–H and O–H groups in total. The van der Waals surface area contributed by atoms with E-state index >= 15 is 0 Å². The Morgan fingerprint density at radius 3 is 0.600 bits per heavy atom. The number of hydrogen-bond acceptors (Lipinski definition) is 6. The lowest BCUT2D eigenvalue weighted by Crippen LogP contribution is -1.97. The highest BCUT2D eigenvalue weighted by molar-refractivity contribution is 6.14. The van der Waals surface area contributed by atoms with Crippen molar-refractivity contribution in [1.29, 1.82) is 0 Å². The molecule has 0 fully saturated rings. The highest BCUT2D eigenvalue weighted by Gasteiger charge is 2.31. The summed E-state index contributed by atoms with van der Waals surface area (Å²) in [5.74, 6) is 6.73. The number of nitrogens with zero attached hydrogens (tertiary/aromatic N) is 15. The van der Waals surface area contributed by atoms with Crippen molar-refractivity contribution in [1.82, 2.24) is 69.5 Å². The van der Waals surface area contributed by atoms with E-state index in [0.29, 0.717) is 17.8 Å². The Morgan fingerprint density at radius 2 is 0.385 bits per heavy atom. The predicted octanol–water partition coefficient (Wildman–Crippen LogP) is 28.9. The second kappa shape index (κ2) is 26.2. The van der Waals surface area contributed by atoms with Crippen LogP contribution in [0.2, 0.25) is 0 Å². The van der Waals surface area contributed by atoms with E-state index in [-0.39, 0.29) is 0 Å². The molecule has 12 aromatic heterocycles. The fraction of sp³-hybridized carbons (Fsp3) is 0.113. The third kappa shape index (κ3) is 10.2. The molecular weight excluding hydrogens is 1590 g/mol. The molecule has 618 valence electrons. The summed E-state index contributed by atoms with van der Waals surface area (Å²) in [6.45, 7) is 22.5. The first-order valence-electron chi connectivity index (χ1n) is 45.3. The topological polar surface area (TPSA) is 117 Å². The molecule has 15 heteroatoms. The Bertz CT molecular complexity index is 9660. The molecule has 0 aliphatic rings. The van der Waals surface area contributed by atoms with Crippen LogP contribution in [0.25, 0.3) is 249 Å². The minimum absolute atomic E-state index is 0.442. The zero-order chi connectivity index (χ0) is 86.5. The number of rotatable bonds is 6. The quantitative estimate of drug-likeness (QED) is 0.164. The molecule has 0 aliphatic carbocycles. The fourth-order valence-electron chi connectivity index (χ4n) is 22.4. The lowest BCUT2D eigenvalue weighted by atomic mass is 9.89. The van der Waals surface area contributed by atoms with Gasteiger partial charge in [-0.25, -0.2) is 43.1 Å². The Kier molecular flexibility index (Phi) is 14.7.